The monoisotopic (exact) mass is 302 g/mol. The van der Waals surface area contributed by atoms with Crippen molar-refractivity contribution >= 4 is 5.71 Å². The maximum absolute atomic E-state index is 9.33. The Morgan fingerprint density at radius 1 is 1.36 bits per heavy atom. The van der Waals surface area contributed by atoms with Gasteiger partial charge in [-0.15, -0.1) is 0 Å². The highest BCUT2D eigenvalue weighted by Gasteiger charge is 2.17. The second-order valence-electron chi connectivity index (χ2n) is 5.64. The molecule has 1 unspecified atom stereocenters. The van der Waals surface area contributed by atoms with Crippen LogP contribution in [0.5, 0.6) is 5.75 Å². The Labute approximate surface area is 132 Å². The van der Waals surface area contributed by atoms with Gasteiger partial charge in [-0.1, -0.05) is 30.1 Å². The van der Waals surface area contributed by atoms with Crippen molar-refractivity contribution in [2.45, 2.75) is 45.1 Å². The molecule has 1 aromatic carbocycles. The van der Waals surface area contributed by atoms with Crippen LogP contribution in [-0.2, 0) is 0 Å². The molecule has 1 atom stereocenters. The molecule has 2 rings (SSSR count). The summed E-state index contributed by atoms with van der Waals surface area (Å²) < 4.78 is 5.16. The van der Waals surface area contributed by atoms with Gasteiger partial charge in [0.2, 0.25) is 0 Å². The Bertz CT molecular complexity index is 520. The summed E-state index contributed by atoms with van der Waals surface area (Å²) in [6.07, 6.45) is 7.46. The van der Waals surface area contributed by atoms with E-state index >= 15 is 0 Å². The minimum atomic E-state index is 0.481. The zero-order chi connectivity index (χ0) is 15.8. The van der Waals surface area contributed by atoms with Gasteiger partial charge in [0.05, 0.1) is 12.8 Å². The van der Waals surface area contributed by atoms with Gasteiger partial charge in [0, 0.05) is 6.04 Å². The van der Waals surface area contributed by atoms with Crippen LogP contribution in [0.4, 0.5) is 0 Å². The van der Waals surface area contributed by atoms with E-state index in [1.165, 1.54) is 18.4 Å². The van der Waals surface area contributed by atoms with Crippen LogP contribution in [0.1, 0.15) is 44.6 Å². The lowest BCUT2D eigenvalue weighted by Crippen LogP contribution is -2.34. The molecule has 0 spiro atoms. The molecule has 1 heterocycles. The minimum Gasteiger partial charge on any atom is -0.497 e. The first kappa shape index (κ1) is 16.6. The first-order valence-corrected chi connectivity index (χ1v) is 8.06. The van der Waals surface area contributed by atoms with Gasteiger partial charge in [-0.3, -0.25) is 0 Å². The fraction of sp³-hybridized carbons (Fsp3) is 0.500. The molecule has 1 aliphatic heterocycles. The number of ether oxygens (including phenoxy) is 1. The van der Waals surface area contributed by atoms with Crippen LogP contribution in [0.25, 0.3) is 0 Å². The molecular weight excluding hydrogens is 276 g/mol. The number of oxime groups is 1. The molecule has 0 aromatic heterocycles. The van der Waals surface area contributed by atoms with E-state index in [1.54, 1.807) is 7.11 Å². The van der Waals surface area contributed by atoms with Crippen molar-refractivity contribution in [2.24, 2.45) is 5.16 Å². The van der Waals surface area contributed by atoms with Gasteiger partial charge in [0.1, 0.15) is 5.75 Å². The van der Waals surface area contributed by atoms with Gasteiger partial charge >= 0.3 is 0 Å². The number of rotatable bonds is 7. The third-order valence-electron chi connectivity index (χ3n) is 4.16. The van der Waals surface area contributed by atoms with Gasteiger partial charge < -0.3 is 15.3 Å². The molecule has 4 nitrogen and oxygen atoms in total. The lowest BCUT2D eigenvalue weighted by Gasteiger charge is -2.25. The van der Waals surface area contributed by atoms with Crippen LogP contribution >= 0.6 is 0 Å². The average molecular weight is 302 g/mol. The predicted molar refractivity (Wildman–Crippen MR) is 90.0 cm³/mol. The molecule has 0 fully saturated rings. The summed E-state index contributed by atoms with van der Waals surface area (Å²) >= 11 is 0. The van der Waals surface area contributed by atoms with E-state index in [9.17, 15) is 5.21 Å². The van der Waals surface area contributed by atoms with Crippen molar-refractivity contribution in [1.82, 2.24) is 5.32 Å². The molecule has 120 valence electrons. The highest BCUT2D eigenvalue weighted by atomic mass is 16.5. The molecule has 22 heavy (non-hydrogen) atoms. The first-order valence-electron chi connectivity index (χ1n) is 8.06. The van der Waals surface area contributed by atoms with E-state index in [0.29, 0.717) is 6.04 Å². The first-order chi connectivity index (χ1) is 10.8. The van der Waals surface area contributed by atoms with Crippen molar-refractivity contribution in [1.29, 1.82) is 0 Å². The fourth-order valence-corrected chi connectivity index (χ4v) is 2.94. The third kappa shape index (κ3) is 4.34. The Morgan fingerprint density at radius 2 is 2.14 bits per heavy atom. The van der Waals surface area contributed by atoms with Crippen LogP contribution in [0, 0.1) is 0 Å². The zero-order valence-corrected chi connectivity index (χ0v) is 13.5. The second kappa shape index (κ2) is 8.59. The van der Waals surface area contributed by atoms with E-state index in [2.05, 4.69) is 23.5 Å². The number of nitrogens with zero attached hydrogens (tertiary/aromatic N) is 1. The standard InChI is InChI=1S/C18H26N2O2/c1-3-5-17-14(6-4-13-19-17)9-12-18(20-21)15-7-10-16(22-2)11-8-15/h6-8,10-11,17,19,21H,3-5,9,12-13H2,1-2H3. The van der Waals surface area contributed by atoms with Gasteiger partial charge in [0.25, 0.3) is 0 Å². The van der Waals surface area contributed by atoms with Gasteiger partial charge in [-0.05, 0) is 62.1 Å². The summed E-state index contributed by atoms with van der Waals surface area (Å²) in [5.74, 6) is 0.809. The lowest BCUT2D eigenvalue weighted by atomic mass is 9.92. The maximum atomic E-state index is 9.33. The van der Waals surface area contributed by atoms with Gasteiger partial charge in [-0.25, -0.2) is 0 Å². The van der Waals surface area contributed by atoms with Crippen molar-refractivity contribution in [3.8, 4) is 5.75 Å². The molecule has 0 amide bonds. The van der Waals surface area contributed by atoms with Crippen LogP contribution in [0.2, 0.25) is 0 Å². The fourth-order valence-electron chi connectivity index (χ4n) is 2.94. The second-order valence-corrected chi connectivity index (χ2v) is 5.64. The Morgan fingerprint density at radius 3 is 2.77 bits per heavy atom. The molecule has 0 saturated carbocycles. The number of hydrogen-bond acceptors (Lipinski definition) is 4. The SMILES string of the molecule is CCCC1NCCC=C1CCC(=NO)c1ccc(OC)cc1. The summed E-state index contributed by atoms with van der Waals surface area (Å²) in [6.45, 7) is 3.28. The number of hydrogen-bond donors (Lipinski definition) is 2. The summed E-state index contributed by atoms with van der Waals surface area (Å²) in [4.78, 5) is 0. The quantitative estimate of drug-likeness (QED) is 0.349. The van der Waals surface area contributed by atoms with Crippen molar-refractivity contribution < 1.29 is 9.94 Å². The van der Waals surface area contributed by atoms with Crippen molar-refractivity contribution in [3.05, 3.63) is 41.5 Å². The topological polar surface area (TPSA) is 53.9 Å². The van der Waals surface area contributed by atoms with E-state index in [0.717, 1.165) is 42.8 Å². The molecule has 0 aliphatic carbocycles. The average Bonchev–Trinajstić information content (AvgIpc) is 2.57. The van der Waals surface area contributed by atoms with Crippen LogP contribution < -0.4 is 10.1 Å². The molecule has 0 bridgehead atoms. The van der Waals surface area contributed by atoms with Crippen LogP contribution in [-0.4, -0.2) is 30.6 Å². The van der Waals surface area contributed by atoms with E-state index < -0.39 is 0 Å². The highest BCUT2D eigenvalue weighted by molar-refractivity contribution is 6.00. The Kier molecular flexibility index (Phi) is 6.46. The Balaban J connectivity index is 1.99. The van der Waals surface area contributed by atoms with Gasteiger partial charge in [-0.2, -0.15) is 0 Å². The van der Waals surface area contributed by atoms with E-state index in [1.807, 2.05) is 24.3 Å². The van der Waals surface area contributed by atoms with Crippen molar-refractivity contribution in [3.63, 3.8) is 0 Å². The molecule has 2 N–H and O–H groups in total. The lowest BCUT2D eigenvalue weighted by molar-refractivity contribution is 0.318. The summed E-state index contributed by atoms with van der Waals surface area (Å²) in [6, 6.07) is 8.13. The molecule has 0 radical (unpaired) electrons. The predicted octanol–water partition coefficient (Wildman–Crippen LogP) is 3.74. The summed E-state index contributed by atoms with van der Waals surface area (Å²) in [5, 5.41) is 16.4. The molecule has 0 saturated heterocycles. The molecular formula is C18H26N2O2. The number of methoxy groups -OCH3 is 1. The smallest absolute Gasteiger partial charge is 0.118 e. The zero-order valence-electron chi connectivity index (χ0n) is 13.5. The van der Waals surface area contributed by atoms with E-state index in [4.69, 9.17) is 4.74 Å². The van der Waals surface area contributed by atoms with Crippen LogP contribution in [0.15, 0.2) is 41.1 Å². The summed E-state index contributed by atoms with van der Waals surface area (Å²) in [5.41, 5.74) is 3.12. The number of nitrogens with one attached hydrogen (secondary N) is 1. The Hall–Kier alpha value is -1.81. The highest BCUT2D eigenvalue weighted by Crippen LogP contribution is 2.21. The molecule has 1 aromatic rings. The van der Waals surface area contributed by atoms with E-state index in [-0.39, 0.29) is 0 Å². The molecule has 1 aliphatic rings. The van der Waals surface area contributed by atoms with Gasteiger partial charge in [0.15, 0.2) is 0 Å². The van der Waals surface area contributed by atoms with Crippen molar-refractivity contribution in [2.75, 3.05) is 13.7 Å². The number of benzene rings is 1. The third-order valence-corrected chi connectivity index (χ3v) is 4.16. The summed E-state index contributed by atoms with van der Waals surface area (Å²) in [7, 11) is 1.65. The molecule has 4 heteroatoms. The largest absolute Gasteiger partial charge is 0.497 e. The minimum absolute atomic E-state index is 0.481. The van der Waals surface area contributed by atoms with Crippen LogP contribution in [0.3, 0.4) is 0 Å². The normalized spacial score (nSPS) is 18.9. The maximum Gasteiger partial charge on any atom is 0.118 e.